The van der Waals surface area contributed by atoms with Crippen LogP contribution in [0.5, 0.6) is 5.75 Å². The summed E-state index contributed by atoms with van der Waals surface area (Å²) >= 11 is 1.74. The number of benzene rings is 1. The van der Waals surface area contributed by atoms with Crippen LogP contribution in [0, 0.1) is 5.82 Å². The van der Waals surface area contributed by atoms with Crippen molar-refractivity contribution in [2.24, 2.45) is 0 Å². The van der Waals surface area contributed by atoms with Gasteiger partial charge < -0.3 is 4.74 Å². The first-order valence-electron chi connectivity index (χ1n) is 12.1. The van der Waals surface area contributed by atoms with Crippen LogP contribution in [0.3, 0.4) is 0 Å². The van der Waals surface area contributed by atoms with Crippen molar-refractivity contribution in [3.05, 3.63) is 41.3 Å². The Kier molecular flexibility index (Phi) is 9.85. The molecule has 0 fully saturated rings. The fraction of sp³-hybridized carbons (Fsp3) is 0.577. The van der Waals surface area contributed by atoms with Gasteiger partial charge in [-0.1, -0.05) is 71.6 Å². The normalized spacial score (nSPS) is 11.5. The zero-order chi connectivity index (χ0) is 21.9. The van der Waals surface area contributed by atoms with Gasteiger partial charge in [-0.2, -0.15) is 0 Å². The van der Waals surface area contributed by atoms with E-state index < -0.39 is 0 Å². The van der Waals surface area contributed by atoms with Crippen LogP contribution in [-0.2, 0) is 6.42 Å². The van der Waals surface area contributed by atoms with Crippen molar-refractivity contribution in [3.8, 4) is 17.0 Å². The molecule has 2 heterocycles. The maximum atomic E-state index is 14.5. The van der Waals surface area contributed by atoms with E-state index in [1.165, 1.54) is 68.7 Å². The summed E-state index contributed by atoms with van der Waals surface area (Å²) in [7, 11) is 0. The quantitative estimate of drug-likeness (QED) is 0.220. The summed E-state index contributed by atoms with van der Waals surface area (Å²) in [4.78, 5) is 7.06. The van der Waals surface area contributed by atoms with E-state index in [1.807, 2.05) is 12.3 Å². The van der Waals surface area contributed by atoms with E-state index in [0.717, 1.165) is 35.5 Å². The molecule has 0 spiro atoms. The van der Waals surface area contributed by atoms with Gasteiger partial charge in [0.15, 0.2) is 16.5 Å². The Labute approximate surface area is 190 Å². The van der Waals surface area contributed by atoms with E-state index in [0.29, 0.717) is 12.4 Å². The Morgan fingerprint density at radius 2 is 1.61 bits per heavy atom. The Morgan fingerprint density at radius 3 is 2.32 bits per heavy atom. The Balaban J connectivity index is 1.50. The maximum absolute atomic E-state index is 14.5. The van der Waals surface area contributed by atoms with E-state index in [-0.39, 0.29) is 5.82 Å². The molecule has 0 radical (unpaired) electrons. The fourth-order valence-corrected chi connectivity index (χ4v) is 4.84. The molecule has 3 aromatic rings. The molecule has 5 heteroatoms. The third kappa shape index (κ3) is 7.34. The van der Waals surface area contributed by atoms with Crippen LogP contribution >= 0.6 is 11.3 Å². The highest BCUT2D eigenvalue weighted by Crippen LogP contribution is 2.28. The number of halogens is 1. The second kappa shape index (κ2) is 12.8. The van der Waals surface area contributed by atoms with Crippen molar-refractivity contribution in [1.82, 2.24) is 9.38 Å². The Bertz CT molecular complexity index is 886. The molecule has 0 N–H and O–H groups in total. The van der Waals surface area contributed by atoms with Gasteiger partial charge in [0.1, 0.15) is 0 Å². The lowest BCUT2D eigenvalue weighted by atomic mass is 10.1. The molecule has 170 valence electrons. The van der Waals surface area contributed by atoms with Crippen molar-refractivity contribution < 1.29 is 9.13 Å². The highest BCUT2D eigenvalue weighted by atomic mass is 32.1. The molecule has 0 amide bonds. The number of aryl methyl sites for hydroxylation is 1. The molecule has 1 aromatic carbocycles. The maximum Gasteiger partial charge on any atom is 0.194 e. The number of imidazole rings is 1. The molecule has 0 aliphatic rings. The van der Waals surface area contributed by atoms with Crippen LogP contribution in [0.4, 0.5) is 4.39 Å². The van der Waals surface area contributed by atoms with Crippen molar-refractivity contribution >= 4 is 16.3 Å². The number of fused-ring (bicyclic) bond motifs is 1. The van der Waals surface area contributed by atoms with Gasteiger partial charge in [0, 0.05) is 22.8 Å². The summed E-state index contributed by atoms with van der Waals surface area (Å²) < 4.78 is 22.3. The molecule has 0 atom stereocenters. The summed E-state index contributed by atoms with van der Waals surface area (Å²) in [5.41, 5.74) is 1.60. The summed E-state index contributed by atoms with van der Waals surface area (Å²) in [5, 5.41) is 0. The topological polar surface area (TPSA) is 26.5 Å². The van der Waals surface area contributed by atoms with Crippen LogP contribution in [0.1, 0.15) is 89.4 Å². The van der Waals surface area contributed by atoms with Gasteiger partial charge >= 0.3 is 0 Å². The average molecular weight is 445 g/mol. The minimum absolute atomic E-state index is 0.312. The minimum Gasteiger partial charge on any atom is -0.491 e. The summed E-state index contributed by atoms with van der Waals surface area (Å²) in [6, 6.07) is 5.18. The number of hydrogen-bond donors (Lipinski definition) is 0. The third-order valence-corrected chi connectivity index (χ3v) is 6.77. The van der Waals surface area contributed by atoms with Crippen LogP contribution < -0.4 is 4.74 Å². The van der Waals surface area contributed by atoms with Crippen molar-refractivity contribution in [3.63, 3.8) is 0 Å². The second-order valence-corrected chi connectivity index (χ2v) is 9.53. The van der Waals surface area contributed by atoms with Crippen molar-refractivity contribution in [2.45, 2.75) is 90.9 Å². The molecule has 0 saturated carbocycles. The van der Waals surface area contributed by atoms with Crippen molar-refractivity contribution in [2.75, 3.05) is 6.61 Å². The van der Waals surface area contributed by atoms with Crippen LogP contribution in [0.25, 0.3) is 16.2 Å². The minimum atomic E-state index is -0.312. The van der Waals surface area contributed by atoms with E-state index >= 15 is 0 Å². The van der Waals surface area contributed by atoms with E-state index in [9.17, 15) is 4.39 Å². The Morgan fingerprint density at radius 1 is 0.903 bits per heavy atom. The molecule has 0 saturated heterocycles. The smallest absolute Gasteiger partial charge is 0.194 e. The van der Waals surface area contributed by atoms with Gasteiger partial charge in [0.2, 0.25) is 0 Å². The van der Waals surface area contributed by atoms with Gasteiger partial charge in [0.05, 0.1) is 12.3 Å². The van der Waals surface area contributed by atoms with Gasteiger partial charge in [-0.15, -0.1) is 11.3 Å². The molecule has 0 bridgehead atoms. The van der Waals surface area contributed by atoms with Crippen LogP contribution in [0.2, 0.25) is 0 Å². The zero-order valence-corrected chi connectivity index (χ0v) is 20.0. The second-order valence-electron chi connectivity index (χ2n) is 8.44. The summed E-state index contributed by atoms with van der Waals surface area (Å²) in [5.74, 6) is 0.0243. The van der Waals surface area contributed by atoms with Crippen LogP contribution in [-0.4, -0.2) is 16.0 Å². The number of rotatable bonds is 15. The average Bonchev–Trinajstić information content (AvgIpc) is 3.33. The number of aromatic nitrogens is 2. The number of nitrogens with zero attached hydrogens (tertiary/aromatic N) is 2. The number of thiazole rings is 1. The molecule has 31 heavy (non-hydrogen) atoms. The molecule has 0 aliphatic carbocycles. The van der Waals surface area contributed by atoms with E-state index in [4.69, 9.17) is 9.72 Å². The fourth-order valence-electron chi connectivity index (χ4n) is 3.84. The third-order valence-electron chi connectivity index (χ3n) is 5.71. The van der Waals surface area contributed by atoms with Gasteiger partial charge in [0.25, 0.3) is 0 Å². The number of hydrogen-bond acceptors (Lipinski definition) is 3. The monoisotopic (exact) mass is 444 g/mol. The Hall–Kier alpha value is -1.88. The first-order chi connectivity index (χ1) is 15.2. The van der Waals surface area contributed by atoms with Gasteiger partial charge in [-0.3, -0.25) is 4.40 Å². The predicted molar refractivity (Wildman–Crippen MR) is 130 cm³/mol. The predicted octanol–water partition coefficient (Wildman–Crippen LogP) is 8.45. The van der Waals surface area contributed by atoms with Gasteiger partial charge in [-0.25, -0.2) is 9.37 Å². The first kappa shape index (κ1) is 23.8. The number of ether oxygens (including phenoxy) is 1. The van der Waals surface area contributed by atoms with Crippen molar-refractivity contribution in [1.29, 1.82) is 0 Å². The lowest BCUT2D eigenvalue weighted by Gasteiger charge is -2.08. The molecule has 3 rings (SSSR count). The highest BCUT2D eigenvalue weighted by molar-refractivity contribution is 7.17. The first-order valence-corrected chi connectivity index (χ1v) is 12.9. The molecule has 0 unspecified atom stereocenters. The lowest BCUT2D eigenvalue weighted by molar-refractivity contribution is 0.290. The highest BCUT2D eigenvalue weighted by Gasteiger charge is 2.11. The molecule has 3 nitrogen and oxygen atoms in total. The van der Waals surface area contributed by atoms with E-state index in [2.05, 4.69) is 24.4 Å². The SMILES string of the molecule is CCCCCCCCOc1ccc(-c2cn3cc(CCCCCCC)sc3n2)cc1F. The number of unbranched alkanes of at least 4 members (excludes halogenated alkanes) is 9. The van der Waals surface area contributed by atoms with E-state index in [1.54, 1.807) is 17.4 Å². The lowest BCUT2D eigenvalue weighted by Crippen LogP contribution is -1.99. The molecule has 0 aliphatic heterocycles. The molecule has 2 aromatic heterocycles. The molecular weight excluding hydrogens is 407 g/mol. The largest absolute Gasteiger partial charge is 0.491 e. The summed E-state index contributed by atoms with van der Waals surface area (Å²) in [6.07, 6.45) is 18.9. The van der Waals surface area contributed by atoms with Gasteiger partial charge in [-0.05, 0) is 37.5 Å². The molecular formula is C26H37FN2OS. The standard InChI is InChI=1S/C26H37FN2OS/c1-3-5-7-9-11-13-17-30-25-16-15-21(18-23(25)27)24-20-29-19-22(31-26(29)28-24)14-12-10-8-6-4-2/h15-16,18-20H,3-14,17H2,1-2H3. The van der Waals surface area contributed by atoms with Crippen LogP contribution in [0.15, 0.2) is 30.6 Å². The zero-order valence-electron chi connectivity index (χ0n) is 19.2. The summed E-state index contributed by atoms with van der Waals surface area (Å²) in [6.45, 7) is 5.04.